The van der Waals surface area contributed by atoms with Crippen molar-refractivity contribution in [1.82, 2.24) is 35.4 Å². The summed E-state index contributed by atoms with van der Waals surface area (Å²) < 4.78 is 11.4. The van der Waals surface area contributed by atoms with Crippen LogP contribution in [0, 0.1) is 6.92 Å². The van der Waals surface area contributed by atoms with Crippen molar-refractivity contribution in [3.8, 4) is 11.6 Å². The number of rotatable bonds is 9. The quantitative estimate of drug-likeness (QED) is 0.481. The van der Waals surface area contributed by atoms with Crippen LogP contribution in [0.1, 0.15) is 55.9 Å². The molecular formula is C25H31N7O4. The molecule has 1 saturated heterocycles. The van der Waals surface area contributed by atoms with E-state index in [-0.39, 0.29) is 30.5 Å². The molecule has 3 aromatic rings. The maximum absolute atomic E-state index is 13.7. The van der Waals surface area contributed by atoms with Gasteiger partial charge in [-0.1, -0.05) is 12.8 Å². The van der Waals surface area contributed by atoms with Gasteiger partial charge in [-0.2, -0.15) is 4.80 Å². The highest BCUT2D eigenvalue weighted by Crippen LogP contribution is 2.26. The molecule has 190 valence electrons. The zero-order valence-electron chi connectivity index (χ0n) is 20.4. The van der Waals surface area contributed by atoms with Gasteiger partial charge in [-0.15, -0.1) is 10.2 Å². The summed E-state index contributed by atoms with van der Waals surface area (Å²) in [5, 5.41) is 15.6. The first-order valence-corrected chi connectivity index (χ1v) is 12.5. The molecule has 2 amide bonds. The summed E-state index contributed by atoms with van der Waals surface area (Å²) in [5.74, 6) is 1.01. The topological polar surface area (TPSA) is 128 Å². The Hall–Kier alpha value is -3.60. The number of hydrogen-bond acceptors (Lipinski definition) is 8. The van der Waals surface area contributed by atoms with Gasteiger partial charge < -0.3 is 19.4 Å². The van der Waals surface area contributed by atoms with Crippen molar-refractivity contribution in [2.75, 3.05) is 13.2 Å². The Labute approximate surface area is 209 Å². The van der Waals surface area contributed by atoms with Gasteiger partial charge in [0.25, 0.3) is 0 Å². The van der Waals surface area contributed by atoms with E-state index in [1.54, 1.807) is 35.5 Å². The van der Waals surface area contributed by atoms with Gasteiger partial charge in [-0.3, -0.25) is 14.6 Å². The Morgan fingerprint density at radius 2 is 1.94 bits per heavy atom. The van der Waals surface area contributed by atoms with Crippen LogP contribution < -0.4 is 5.32 Å². The Kier molecular flexibility index (Phi) is 7.36. The fraction of sp³-hybridized carbons (Fsp3) is 0.520. The van der Waals surface area contributed by atoms with E-state index in [9.17, 15) is 9.59 Å². The maximum atomic E-state index is 13.7. The highest BCUT2D eigenvalue weighted by Gasteiger charge is 2.35. The molecule has 2 aliphatic rings. The molecule has 0 radical (unpaired) electrons. The predicted molar refractivity (Wildman–Crippen MR) is 128 cm³/mol. The molecule has 1 aliphatic carbocycles. The Morgan fingerprint density at radius 1 is 1.14 bits per heavy atom. The van der Waals surface area contributed by atoms with E-state index in [1.807, 2.05) is 13.0 Å². The third kappa shape index (κ3) is 5.62. The Morgan fingerprint density at radius 3 is 2.64 bits per heavy atom. The number of amides is 2. The Balaban J connectivity index is 1.41. The lowest BCUT2D eigenvalue weighted by atomic mass is 10.0. The van der Waals surface area contributed by atoms with Gasteiger partial charge in [0.1, 0.15) is 18.3 Å². The van der Waals surface area contributed by atoms with Crippen molar-refractivity contribution in [3.05, 3.63) is 48.0 Å². The summed E-state index contributed by atoms with van der Waals surface area (Å²) in [7, 11) is 0. The predicted octanol–water partition coefficient (Wildman–Crippen LogP) is 2.44. The second-order valence-corrected chi connectivity index (χ2v) is 9.41. The molecule has 0 bridgehead atoms. The molecule has 2 unspecified atom stereocenters. The van der Waals surface area contributed by atoms with Crippen molar-refractivity contribution in [2.45, 2.75) is 70.2 Å². The summed E-state index contributed by atoms with van der Waals surface area (Å²) in [5.41, 5.74) is 0.699. The van der Waals surface area contributed by atoms with Crippen LogP contribution in [-0.4, -0.2) is 67.2 Å². The van der Waals surface area contributed by atoms with Crippen molar-refractivity contribution in [1.29, 1.82) is 0 Å². The molecule has 0 aromatic carbocycles. The number of hydrogen-bond donors (Lipinski definition) is 1. The fourth-order valence-electron chi connectivity index (χ4n) is 4.90. The SMILES string of the molecule is Cc1ccc(-c2nnn(CC(=O)N(CC3CCCO3)C(C(=O)NC3CCCC3)c3ccncc3)n2)o1. The summed E-state index contributed by atoms with van der Waals surface area (Å²) in [6.45, 7) is 2.61. The van der Waals surface area contributed by atoms with E-state index < -0.39 is 6.04 Å². The maximum Gasteiger partial charge on any atom is 0.247 e. The third-order valence-corrected chi connectivity index (χ3v) is 6.72. The van der Waals surface area contributed by atoms with Crippen LogP contribution in [0.5, 0.6) is 0 Å². The first-order chi connectivity index (χ1) is 17.6. The zero-order chi connectivity index (χ0) is 24.9. The molecular weight excluding hydrogens is 462 g/mol. The van der Waals surface area contributed by atoms with E-state index >= 15 is 0 Å². The standard InChI is InChI=1S/C25H31N7O4/c1-17-8-9-21(36-17)24-28-30-32(29-24)16-22(33)31(15-20-7-4-14-35-20)23(18-10-12-26-13-11-18)25(34)27-19-5-2-3-6-19/h8-13,19-20,23H,2-7,14-16H2,1H3,(H,27,34). The molecule has 5 rings (SSSR count). The zero-order valence-corrected chi connectivity index (χ0v) is 20.4. The molecule has 1 aliphatic heterocycles. The van der Waals surface area contributed by atoms with Crippen LogP contribution in [0.15, 0.2) is 41.1 Å². The molecule has 1 saturated carbocycles. The summed E-state index contributed by atoms with van der Waals surface area (Å²) in [4.78, 5) is 34.3. The number of ether oxygens (including phenoxy) is 1. The van der Waals surface area contributed by atoms with Crippen LogP contribution in [0.25, 0.3) is 11.6 Å². The van der Waals surface area contributed by atoms with E-state index in [0.29, 0.717) is 30.3 Å². The fourth-order valence-corrected chi connectivity index (χ4v) is 4.90. The highest BCUT2D eigenvalue weighted by molar-refractivity contribution is 5.89. The number of aromatic nitrogens is 5. The first kappa shape index (κ1) is 24.1. The minimum absolute atomic E-state index is 0.123. The van der Waals surface area contributed by atoms with Crippen LogP contribution in [0.3, 0.4) is 0 Å². The molecule has 2 atom stereocenters. The summed E-state index contributed by atoms with van der Waals surface area (Å²) >= 11 is 0. The number of furan rings is 1. The largest absolute Gasteiger partial charge is 0.458 e. The second-order valence-electron chi connectivity index (χ2n) is 9.41. The summed E-state index contributed by atoms with van der Waals surface area (Å²) in [6, 6.07) is 6.43. The molecule has 1 N–H and O–H groups in total. The number of pyridine rings is 1. The van der Waals surface area contributed by atoms with Gasteiger partial charge in [0.2, 0.25) is 17.6 Å². The van der Waals surface area contributed by atoms with E-state index in [1.165, 1.54) is 4.80 Å². The van der Waals surface area contributed by atoms with Crippen molar-refractivity contribution < 1.29 is 18.7 Å². The molecule has 11 nitrogen and oxygen atoms in total. The number of tetrazole rings is 1. The highest BCUT2D eigenvalue weighted by atomic mass is 16.5. The van der Waals surface area contributed by atoms with E-state index in [0.717, 1.165) is 44.3 Å². The molecule has 11 heteroatoms. The molecule has 3 aromatic heterocycles. The average molecular weight is 494 g/mol. The monoisotopic (exact) mass is 493 g/mol. The van der Waals surface area contributed by atoms with Crippen LogP contribution in [0.2, 0.25) is 0 Å². The lowest BCUT2D eigenvalue weighted by molar-refractivity contribution is -0.143. The van der Waals surface area contributed by atoms with Gasteiger partial charge in [0.05, 0.1) is 6.10 Å². The molecule has 4 heterocycles. The van der Waals surface area contributed by atoms with Gasteiger partial charge >= 0.3 is 0 Å². The number of nitrogens with one attached hydrogen (secondary N) is 1. The number of carbonyl (C=O) groups is 2. The second kappa shape index (κ2) is 11.0. The minimum atomic E-state index is -0.819. The minimum Gasteiger partial charge on any atom is -0.458 e. The van der Waals surface area contributed by atoms with Gasteiger partial charge in [0, 0.05) is 31.6 Å². The van der Waals surface area contributed by atoms with Gasteiger partial charge in [0.15, 0.2) is 5.76 Å². The van der Waals surface area contributed by atoms with Crippen molar-refractivity contribution >= 4 is 11.8 Å². The van der Waals surface area contributed by atoms with Gasteiger partial charge in [-0.05, 0) is 67.6 Å². The molecule has 2 fully saturated rings. The van der Waals surface area contributed by atoms with Crippen molar-refractivity contribution in [3.63, 3.8) is 0 Å². The van der Waals surface area contributed by atoms with Gasteiger partial charge in [-0.25, -0.2) is 0 Å². The number of nitrogens with zero attached hydrogens (tertiary/aromatic N) is 6. The van der Waals surface area contributed by atoms with Crippen LogP contribution in [-0.2, 0) is 20.9 Å². The molecule has 0 spiro atoms. The smallest absolute Gasteiger partial charge is 0.247 e. The first-order valence-electron chi connectivity index (χ1n) is 12.5. The van der Waals surface area contributed by atoms with Crippen molar-refractivity contribution in [2.24, 2.45) is 0 Å². The van der Waals surface area contributed by atoms with Crippen LogP contribution >= 0.6 is 0 Å². The lowest BCUT2D eigenvalue weighted by Crippen LogP contribution is -2.49. The molecule has 36 heavy (non-hydrogen) atoms. The number of carbonyl (C=O) groups excluding carboxylic acids is 2. The Bertz CT molecular complexity index is 1170. The summed E-state index contributed by atoms with van der Waals surface area (Å²) in [6.07, 6.45) is 8.99. The number of aryl methyl sites for hydroxylation is 1. The third-order valence-electron chi connectivity index (χ3n) is 6.72. The van der Waals surface area contributed by atoms with E-state index in [2.05, 4.69) is 25.7 Å². The normalized spacial score (nSPS) is 18.9. The average Bonchev–Trinajstić information content (AvgIpc) is 3.68. The van der Waals surface area contributed by atoms with E-state index in [4.69, 9.17) is 9.15 Å². The lowest BCUT2D eigenvalue weighted by Gasteiger charge is -2.33. The van der Waals surface area contributed by atoms with Crippen LogP contribution in [0.4, 0.5) is 0 Å².